The first kappa shape index (κ1) is 14.9. The summed E-state index contributed by atoms with van der Waals surface area (Å²) in [5.41, 5.74) is 0.00958. The Balaban J connectivity index is 2.24. The zero-order valence-electron chi connectivity index (χ0n) is 11.5. The van der Waals surface area contributed by atoms with Gasteiger partial charge in [0.05, 0.1) is 6.61 Å². The minimum absolute atomic E-state index is 0.00958. The standard InChI is InChI=1S/C15H19F2NO2/c1-2-20-15(19)14(18-10-6-3-4-7-10)11-8-5-9-12(16)13(11)17/h5,8-10,14,18H,2-4,6-7H2,1H3. The summed E-state index contributed by atoms with van der Waals surface area (Å²) in [6.45, 7) is 1.89. The molecule has 2 rings (SSSR count). The van der Waals surface area contributed by atoms with Gasteiger partial charge < -0.3 is 4.74 Å². The zero-order chi connectivity index (χ0) is 14.5. The van der Waals surface area contributed by atoms with Gasteiger partial charge in [-0.05, 0) is 25.8 Å². The van der Waals surface area contributed by atoms with Crippen molar-refractivity contribution >= 4 is 5.97 Å². The van der Waals surface area contributed by atoms with Crippen LogP contribution in [0.5, 0.6) is 0 Å². The second-order valence-electron chi connectivity index (χ2n) is 4.98. The van der Waals surface area contributed by atoms with E-state index in [9.17, 15) is 13.6 Å². The van der Waals surface area contributed by atoms with E-state index in [2.05, 4.69) is 5.32 Å². The number of carbonyl (C=O) groups is 1. The van der Waals surface area contributed by atoms with Gasteiger partial charge in [-0.2, -0.15) is 0 Å². The van der Waals surface area contributed by atoms with Crippen molar-refractivity contribution in [3.05, 3.63) is 35.4 Å². The number of nitrogens with one attached hydrogen (secondary N) is 1. The molecule has 1 N–H and O–H groups in total. The van der Waals surface area contributed by atoms with Crippen LogP contribution in [0, 0.1) is 11.6 Å². The second kappa shape index (κ2) is 6.79. The van der Waals surface area contributed by atoms with Crippen molar-refractivity contribution in [3.63, 3.8) is 0 Å². The third-order valence-electron chi connectivity index (χ3n) is 3.57. The van der Waals surface area contributed by atoms with Crippen LogP contribution in [0.2, 0.25) is 0 Å². The number of hydrogen-bond acceptors (Lipinski definition) is 3. The number of rotatable bonds is 5. The Morgan fingerprint density at radius 1 is 1.40 bits per heavy atom. The van der Waals surface area contributed by atoms with Crippen LogP contribution in [0.4, 0.5) is 8.78 Å². The molecule has 0 bridgehead atoms. The average Bonchev–Trinajstić information content (AvgIpc) is 2.93. The lowest BCUT2D eigenvalue weighted by atomic mass is 10.0. The highest BCUT2D eigenvalue weighted by Gasteiger charge is 2.29. The van der Waals surface area contributed by atoms with Crippen LogP contribution in [0.1, 0.15) is 44.2 Å². The van der Waals surface area contributed by atoms with Crippen molar-refractivity contribution in [3.8, 4) is 0 Å². The van der Waals surface area contributed by atoms with Crippen LogP contribution in [0.25, 0.3) is 0 Å². The van der Waals surface area contributed by atoms with Crippen molar-refractivity contribution in [2.45, 2.75) is 44.7 Å². The van der Waals surface area contributed by atoms with Gasteiger partial charge in [0.2, 0.25) is 0 Å². The molecule has 0 aliphatic heterocycles. The molecule has 5 heteroatoms. The Bertz CT molecular complexity index is 473. The first-order valence-corrected chi connectivity index (χ1v) is 7.00. The third-order valence-corrected chi connectivity index (χ3v) is 3.57. The largest absolute Gasteiger partial charge is 0.465 e. The molecule has 1 aliphatic carbocycles. The van der Waals surface area contributed by atoms with Gasteiger partial charge >= 0.3 is 5.97 Å². The fraction of sp³-hybridized carbons (Fsp3) is 0.533. The lowest BCUT2D eigenvalue weighted by Gasteiger charge is -2.22. The molecule has 1 aliphatic rings. The van der Waals surface area contributed by atoms with E-state index in [-0.39, 0.29) is 18.2 Å². The van der Waals surface area contributed by atoms with Crippen molar-refractivity contribution in [1.82, 2.24) is 5.32 Å². The minimum Gasteiger partial charge on any atom is -0.465 e. The predicted molar refractivity (Wildman–Crippen MR) is 71.1 cm³/mol. The molecule has 3 nitrogen and oxygen atoms in total. The van der Waals surface area contributed by atoms with Gasteiger partial charge in [0.25, 0.3) is 0 Å². The summed E-state index contributed by atoms with van der Waals surface area (Å²) in [5.74, 6) is -2.51. The van der Waals surface area contributed by atoms with Gasteiger partial charge in [0.15, 0.2) is 11.6 Å². The molecule has 0 spiro atoms. The molecular weight excluding hydrogens is 264 g/mol. The van der Waals surface area contributed by atoms with E-state index in [1.165, 1.54) is 12.1 Å². The number of carbonyl (C=O) groups excluding carboxylic acids is 1. The Morgan fingerprint density at radius 3 is 2.75 bits per heavy atom. The fourth-order valence-electron chi connectivity index (χ4n) is 2.58. The molecule has 1 aromatic rings. The summed E-state index contributed by atoms with van der Waals surface area (Å²) in [6, 6.07) is 3.05. The Labute approximate surface area is 117 Å². The molecule has 0 amide bonds. The molecule has 0 saturated heterocycles. The highest BCUT2D eigenvalue weighted by molar-refractivity contribution is 5.77. The summed E-state index contributed by atoms with van der Waals surface area (Å²) in [4.78, 5) is 12.0. The van der Waals surface area contributed by atoms with E-state index in [1.807, 2.05) is 0 Å². The van der Waals surface area contributed by atoms with E-state index in [1.54, 1.807) is 6.92 Å². The van der Waals surface area contributed by atoms with Gasteiger partial charge in [-0.3, -0.25) is 5.32 Å². The van der Waals surface area contributed by atoms with Crippen LogP contribution >= 0.6 is 0 Å². The summed E-state index contributed by atoms with van der Waals surface area (Å²) in [7, 11) is 0. The Hall–Kier alpha value is -1.49. The number of esters is 1. The maximum absolute atomic E-state index is 13.9. The Morgan fingerprint density at radius 2 is 2.10 bits per heavy atom. The lowest BCUT2D eigenvalue weighted by molar-refractivity contribution is -0.146. The number of halogens is 2. The van der Waals surface area contributed by atoms with Gasteiger partial charge in [-0.15, -0.1) is 0 Å². The smallest absolute Gasteiger partial charge is 0.327 e. The molecule has 1 unspecified atom stereocenters. The number of benzene rings is 1. The Kier molecular flexibility index (Phi) is 5.06. The van der Waals surface area contributed by atoms with Gasteiger partial charge in [0, 0.05) is 11.6 Å². The molecule has 20 heavy (non-hydrogen) atoms. The summed E-state index contributed by atoms with van der Waals surface area (Å²) in [6.07, 6.45) is 4.04. The second-order valence-corrected chi connectivity index (χ2v) is 4.98. The summed E-state index contributed by atoms with van der Waals surface area (Å²) in [5, 5.41) is 3.10. The summed E-state index contributed by atoms with van der Waals surface area (Å²) < 4.78 is 32.2. The lowest BCUT2D eigenvalue weighted by Crippen LogP contribution is -2.37. The van der Waals surface area contributed by atoms with E-state index in [0.717, 1.165) is 31.7 Å². The summed E-state index contributed by atoms with van der Waals surface area (Å²) >= 11 is 0. The molecule has 1 fully saturated rings. The third kappa shape index (κ3) is 3.33. The average molecular weight is 283 g/mol. The maximum Gasteiger partial charge on any atom is 0.327 e. The van der Waals surface area contributed by atoms with Crippen molar-refractivity contribution < 1.29 is 18.3 Å². The highest BCUT2D eigenvalue weighted by atomic mass is 19.2. The van der Waals surface area contributed by atoms with Crippen LogP contribution in [0.15, 0.2) is 18.2 Å². The molecule has 1 atom stereocenters. The van der Waals surface area contributed by atoms with E-state index < -0.39 is 23.6 Å². The fourth-order valence-corrected chi connectivity index (χ4v) is 2.58. The zero-order valence-corrected chi connectivity index (χ0v) is 11.5. The first-order chi connectivity index (χ1) is 9.63. The highest BCUT2D eigenvalue weighted by Crippen LogP contribution is 2.25. The van der Waals surface area contributed by atoms with Crippen molar-refractivity contribution in [2.75, 3.05) is 6.61 Å². The van der Waals surface area contributed by atoms with Crippen LogP contribution in [0.3, 0.4) is 0 Å². The molecule has 0 radical (unpaired) electrons. The van der Waals surface area contributed by atoms with Crippen LogP contribution < -0.4 is 5.32 Å². The monoisotopic (exact) mass is 283 g/mol. The molecule has 0 heterocycles. The van der Waals surface area contributed by atoms with E-state index >= 15 is 0 Å². The van der Waals surface area contributed by atoms with E-state index in [0.29, 0.717) is 0 Å². The molecule has 1 saturated carbocycles. The quantitative estimate of drug-likeness (QED) is 0.844. The topological polar surface area (TPSA) is 38.3 Å². The normalized spacial score (nSPS) is 17.1. The number of hydrogen-bond donors (Lipinski definition) is 1. The minimum atomic E-state index is -0.990. The maximum atomic E-state index is 13.9. The van der Waals surface area contributed by atoms with Crippen molar-refractivity contribution in [1.29, 1.82) is 0 Å². The van der Waals surface area contributed by atoms with Crippen molar-refractivity contribution in [2.24, 2.45) is 0 Å². The predicted octanol–water partition coefficient (Wildman–Crippen LogP) is 3.10. The van der Waals surface area contributed by atoms with Gasteiger partial charge in [-0.1, -0.05) is 25.0 Å². The molecular formula is C15H19F2NO2. The molecule has 110 valence electrons. The van der Waals surface area contributed by atoms with E-state index in [4.69, 9.17) is 4.74 Å². The van der Waals surface area contributed by atoms with Gasteiger partial charge in [0.1, 0.15) is 6.04 Å². The molecule has 1 aromatic carbocycles. The van der Waals surface area contributed by atoms with Crippen LogP contribution in [-0.2, 0) is 9.53 Å². The first-order valence-electron chi connectivity index (χ1n) is 7.00. The molecule has 0 aromatic heterocycles. The van der Waals surface area contributed by atoms with Gasteiger partial charge in [-0.25, -0.2) is 13.6 Å². The SMILES string of the molecule is CCOC(=O)C(NC1CCCC1)c1cccc(F)c1F. The number of ether oxygens (including phenoxy) is 1. The van der Waals surface area contributed by atoms with Crippen LogP contribution in [-0.4, -0.2) is 18.6 Å².